The van der Waals surface area contributed by atoms with Crippen molar-refractivity contribution >= 4 is 21.8 Å². The quantitative estimate of drug-likeness (QED) is 0.923. The van der Waals surface area contributed by atoms with Crippen molar-refractivity contribution < 1.29 is 4.79 Å². The van der Waals surface area contributed by atoms with Crippen LogP contribution in [0, 0.1) is 6.92 Å². The molecule has 1 amide bonds. The topological polar surface area (TPSA) is 32.3 Å². The predicted octanol–water partition coefficient (Wildman–Crippen LogP) is 2.97. The van der Waals surface area contributed by atoms with Crippen LogP contribution in [0.25, 0.3) is 0 Å². The smallest absolute Gasteiger partial charge is 0.254 e. The Labute approximate surface area is 123 Å². The number of nitrogens with one attached hydrogen (secondary N) is 1. The summed E-state index contributed by atoms with van der Waals surface area (Å²) in [5.74, 6) is 0.134. The second kappa shape index (κ2) is 6.53. The summed E-state index contributed by atoms with van der Waals surface area (Å²) in [5.41, 5.74) is 1.83. The van der Waals surface area contributed by atoms with Crippen molar-refractivity contribution in [3.05, 3.63) is 33.8 Å². The molecule has 0 aliphatic carbocycles. The Hall–Kier alpha value is -0.870. The Kier molecular flexibility index (Phi) is 4.99. The van der Waals surface area contributed by atoms with Gasteiger partial charge < -0.3 is 10.2 Å². The molecule has 104 valence electrons. The van der Waals surface area contributed by atoms with Gasteiger partial charge in [-0.3, -0.25) is 4.79 Å². The summed E-state index contributed by atoms with van der Waals surface area (Å²) in [6.45, 7) is 6.66. The molecular weight excluding hydrogens is 304 g/mol. The zero-order valence-corrected chi connectivity index (χ0v) is 13.2. The van der Waals surface area contributed by atoms with E-state index in [-0.39, 0.29) is 5.91 Å². The first kappa shape index (κ1) is 14.5. The molecule has 19 heavy (non-hydrogen) atoms. The standard InChI is InChI=1S/C15H21BrN2O/c1-3-18(10-13-5-4-8-17-13)15(19)14-9-12(16)7-6-11(14)2/h6-7,9,13,17H,3-5,8,10H2,1-2H3. The average molecular weight is 325 g/mol. The Bertz CT molecular complexity index is 455. The fourth-order valence-electron chi connectivity index (χ4n) is 2.53. The maximum atomic E-state index is 12.6. The van der Waals surface area contributed by atoms with Gasteiger partial charge in [0.25, 0.3) is 5.91 Å². The van der Waals surface area contributed by atoms with E-state index in [0.717, 1.165) is 35.2 Å². The van der Waals surface area contributed by atoms with Crippen molar-refractivity contribution in [1.29, 1.82) is 0 Å². The van der Waals surface area contributed by atoms with E-state index in [0.29, 0.717) is 6.04 Å². The molecule has 1 atom stereocenters. The minimum atomic E-state index is 0.134. The number of hydrogen-bond acceptors (Lipinski definition) is 2. The number of hydrogen-bond donors (Lipinski definition) is 1. The molecule has 1 saturated heterocycles. The number of amides is 1. The number of likely N-dealkylation sites (N-methyl/N-ethyl adjacent to an activating group) is 1. The molecule has 1 aliphatic rings. The van der Waals surface area contributed by atoms with E-state index in [4.69, 9.17) is 0 Å². The van der Waals surface area contributed by atoms with Crippen LogP contribution < -0.4 is 5.32 Å². The van der Waals surface area contributed by atoms with Gasteiger partial charge in [-0.1, -0.05) is 22.0 Å². The third-order valence-corrected chi connectivity index (χ3v) is 4.20. The lowest BCUT2D eigenvalue weighted by atomic mass is 10.1. The molecule has 1 aliphatic heterocycles. The van der Waals surface area contributed by atoms with Crippen LogP contribution in [-0.2, 0) is 0 Å². The summed E-state index contributed by atoms with van der Waals surface area (Å²) < 4.78 is 0.955. The van der Waals surface area contributed by atoms with Gasteiger partial charge in [0.15, 0.2) is 0 Å². The second-order valence-corrected chi connectivity index (χ2v) is 6.01. The van der Waals surface area contributed by atoms with Crippen molar-refractivity contribution in [2.75, 3.05) is 19.6 Å². The fourth-order valence-corrected chi connectivity index (χ4v) is 2.89. The predicted molar refractivity (Wildman–Crippen MR) is 81.5 cm³/mol. The molecule has 1 fully saturated rings. The highest BCUT2D eigenvalue weighted by Crippen LogP contribution is 2.18. The highest BCUT2D eigenvalue weighted by Gasteiger charge is 2.22. The minimum absolute atomic E-state index is 0.134. The summed E-state index contributed by atoms with van der Waals surface area (Å²) >= 11 is 3.44. The fraction of sp³-hybridized carbons (Fsp3) is 0.533. The number of benzene rings is 1. The van der Waals surface area contributed by atoms with E-state index in [1.54, 1.807) is 0 Å². The summed E-state index contributed by atoms with van der Waals surface area (Å²) in [6.07, 6.45) is 2.38. The van der Waals surface area contributed by atoms with Crippen molar-refractivity contribution in [3.8, 4) is 0 Å². The van der Waals surface area contributed by atoms with Gasteiger partial charge in [-0.25, -0.2) is 0 Å². The normalized spacial score (nSPS) is 18.6. The molecule has 0 saturated carbocycles. The van der Waals surface area contributed by atoms with Crippen LogP contribution >= 0.6 is 15.9 Å². The molecule has 1 heterocycles. The largest absolute Gasteiger partial charge is 0.337 e. The van der Waals surface area contributed by atoms with Gasteiger partial charge in [-0.05, 0) is 50.9 Å². The molecular formula is C15H21BrN2O. The molecule has 1 unspecified atom stereocenters. The minimum Gasteiger partial charge on any atom is -0.337 e. The molecule has 0 bridgehead atoms. The first-order valence-electron chi connectivity index (χ1n) is 6.90. The van der Waals surface area contributed by atoms with Gasteiger partial charge in [-0.15, -0.1) is 0 Å². The van der Waals surface area contributed by atoms with Crippen LogP contribution in [0.5, 0.6) is 0 Å². The monoisotopic (exact) mass is 324 g/mol. The van der Waals surface area contributed by atoms with Gasteiger partial charge in [0, 0.05) is 29.2 Å². The number of halogens is 1. The molecule has 1 aromatic carbocycles. The van der Waals surface area contributed by atoms with Gasteiger partial charge in [0.05, 0.1) is 0 Å². The molecule has 0 spiro atoms. The Balaban J connectivity index is 2.12. The second-order valence-electron chi connectivity index (χ2n) is 5.10. The van der Waals surface area contributed by atoms with E-state index >= 15 is 0 Å². The van der Waals surface area contributed by atoms with Crippen molar-refractivity contribution in [3.63, 3.8) is 0 Å². The zero-order chi connectivity index (χ0) is 13.8. The highest BCUT2D eigenvalue weighted by atomic mass is 79.9. The number of carbonyl (C=O) groups is 1. The Morgan fingerprint density at radius 2 is 2.32 bits per heavy atom. The third-order valence-electron chi connectivity index (χ3n) is 3.70. The van der Waals surface area contributed by atoms with Gasteiger partial charge >= 0.3 is 0 Å². The van der Waals surface area contributed by atoms with Crippen molar-refractivity contribution in [2.24, 2.45) is 0 Å². The van der Waals surface area contributed by atoms with Crippen LogP contribution in [0.3, 0.4) is 0 Å². The lowest BCUT2D eigenvalue weighted by Crippen LogP contribution is -2.41. The third kappa shape index (κ3) is 3.57. The summed E-state index contributed by atoms with van der Waals surface area (Å²) in [6, 6.07) is 6.33. The Morgan fingerprint density at radius 3 is 2.95 bits per heavy atom. The Morgan fingerprint density at radius 1 is 1.53 bits per heavy atom. The SMILES string of the molecule is CCN(CC1CCCN1)C(=O)c1cc(Br)ccc1C. The lowest BCUT2D eigenvalue weighted by molar-refractivity contribution is 0.0750. The molecule has 0 aromatic heterocycles. The van der Waals surface area contributed by atoms with Crippen LogP contribution in [-0.4, -0.2) is 36.5 Å². The van der Waals surface area contributed by atoms with E-state index in [1.165, 1.54) is 12.8 Å². The highest BCUT2D eigenvalue weighted by molar-refractivity contribution is 9.10. The van der Waals surface area contributed by atoms with Gasteiger partial charge in [0.1, 0.15) is 0 Å². The number of carbonyl (C=O) groups excluding carboxylic acids is 1. The molecule has 4 heteroatoms. The van der Waals surface area contributed by atoms with E-state index in [1.807, 2.05) is 36.9 Å². The van der Waals surface area contributed by atoms with Crippen LogP contribution in [0.15, 0.2) is 22.7 Å². The first-order valence-corrected chi connectivity index (χ1v) is 7.70. The molecule has 1 aromatic rings. The van der Waals surface area contributed by atoms with Crippen LogP contribution in [0.1, 0.15) is 35.7 Å². The van der Waals surface area contributed by atoms with Gasteiger partial charge in [-0.2, -0.15) is 0 Å². The molecule has 0 radical (unpaired) electrons. The van der Waals surface area contributed by atoms with E-state index < -0.39 is 0 Å². The van der Waals surface area contributed by atoms with Gasteiger partial charge in [0.2, 0.25) is 0 Å². The summed E-state index contributed by atoms with van der Waals surface area (Å²) in [4.78, 5) is 14.6. The van der Waals surface area contributed by atoms with Crippen molar-refractivity contribution in [1.82, 2.24) is 10.2 Å². The number of rotatable bonds is 4. The first-order chi connectivity index (χ1) is 9.11. The lowest BCUT2D eigenvalue weighted by Gasteiger charge is -2.25. The van der Waals surface area contributed by atoms with E-state index in [2.05, 4.69) is 21.2 Å². The molecule has 1 N–H and O–H groups in total. The summed E-state index contributed by atoms with van der Waals surface area (Å²) in [7, 11) is 0. The van der Waals surface area contributed by atoms with Crippen molar-refractivity contribution in [2.45, 2.75) is 32.7 Å². The maximum Gasteiger partial charge on any atom is 0.254 e. The number of nitrogens with zero attached hydrogens (tertiary/aromatic N) is 1. The van der Waals surface area contributed by atoms with Crippen LogP contribution in [0.2, 0.25) is 0 Å². The average Bonchev–Trinajstić information content (AvgIpc) is 2.91. The number of aryl methyl sites for hydroxylation is 1. The van der Waals surface area contributed by atoms with E-state index in [9.17, 15) is 4.79 Å². The zero-order valence-electron chi connectivity index (χ0n) is 11.6. The molecule has 3 nitrogen and oxygen atoms in total. The van der Waals surface area contributed by atoms with Crippen LogP contribution in [0.4, 0.5) is 0 Å². The summed E-state index contributed by atoms with van der Waals surface area (Å²) in [5, 5.41) is 3.45. The maximum absolute atomic E-state index is 12.6. The molecule has 2 rings (SSSR count).